The van der Waals surface area contributed by atoms with Crippen LogP contribution in [0.3, 0.4) is 0 Å². The highest BCUT2D eigenvalue weighted by molar-refractivity contribution is 5.89. The Morgan fingerprint density at radius 2 is 1.34 bits per heavy atom. The number of halogens is 2. The zero-order chi connectivity index (χ0) is 20.0. The van der Waals surface area contributed by atoms with Gasteiger partial charge in [0.05, 0.1) is 12.5 Å². The largest absolute Gasteiger partial charge is 0.496 e. The molecule has 1 aliphatic rings. The number of hydrogen-bond donors (Lipinski definition) is 0. The highest BCUT2D eigenvalue weighted by Crippen LogP contribution is 2.59. The Kier molecular flexibility index (Phi) is 3.99. The van der Waals surface area contributed by atoms with Gasteiger partial charge in [0.1, 0.15) is 17.4 Å². The van der Waals surface area contributed by atoms with E-state index >= 15 is 4.39 Å². The van der Waals surface area contributed by atoms with Crippen molar-refractivity contribution in [2.45, 2.75) is 5.41 Å². The van der Waals surface area contributed by atoms with Gasteiger partial charge in [0.25, 0.3) is 0 Å². The fourth-order valence-corrected chi connectivity index (χ4v) is 4.72. The quantitative estimate of drug-likeness (QED) is 0.353. The fraction of sp³-hybridized carbons (Fsp3) is 0.0769. The van der Waals surface area contributed by atoms with Crippen LogP contribution < -0.4 is 4.74 Å². The van der Waals surface area contributed by atoms with Gasteiger partial charge in [-0.3, -0.25) is 0 Å². The SMILES string of the molecule is COc1cccc2c1-c1cc(F)cc(F)c1C2(c1ccccc1)c1ccccc1. The number of ether oxygens (including phenoxy) is 1. The average molecular weight is 384 g/mol. The second-order valence-corrected chi connectivity index (χ2v) is 7.18. The molecule has 0 aromatic heterocycles. The molecule has 0 aliphatic heterocycles. The van der Waals surface area contributed by atoms with E-state index in [-0.39, 0.29) is 0 Å². The Morgan fingerprint density at radius 3 is 1.93 bits per heavy atom. The van der Waals surface area contributed by atoms with E-state index in [1.165, 1.54) is 6.07 Å². The summed E-state index contributed by atoms with van der Waals surface area (Å²) in [6.45, 7) is 0. The summed E-state index contributed by atoms with van der Waals surface area (Å²) in [7, 11) is 1.58. The molecule has 0 unspecified atom stereocenters. The normalized spacial score (nSPS) is 13.6. The van der Waals surface area contributed by atoms with Gasteiger partial charge in [0.2, 0.25) is 0 Å². The van der Waals surface area contributed by atoms with Crippen LogP contribution >= 0.6 is 0 Å². The summed E-state index contributed by atoms with van der Waals surface area (Å²) in [5.74, 6) is -0.566. The van der Waals surface area contributed by atoms with E-state index in [1.807, 2.05) is 78.9 Å². The van der Waals surface area contributed by atoms with Gasteiger partial charge >= 0.3 is 0 Å². The van der Waals surface area contributed by atoms with Crippen LogP contribution in [-0.2, 0) is 5.41 Å². The lowest BCUT2D eigenvalue weighted by atomic mass is 9.67. The van der Waals surface area contributed by atoms with Crippen LogP contribution in [0, 0.1) is 11.6 Å². The first-order valence-corrected chi connectivity index (χ1v) is 9.46. The zero-order valence-corrected chi connectivity index (χ0v) is 15.8. The maximum Gasteiger partial charge on any atom is 0.131 e. The zero-order valence-electron chi connectivity index (χ0n) is 15.8. The van der Waals surface area contributed by atoms with Crippen LogP contribution in [0.25, 0.3) is 11.1 Å². The standard InChI is InChI=1S/C26H18F2O/c1-29-23-14-8-13-21-24(23)20-15-19(27)16-22(28)25(20)26(21,17-9-4-2-5-10-17)18-11-6-3-7-12-18/h2-16H,1H3. The van der Waals surface area contributed by atoms with Crippen LogP contribution in [0.15, 0.2) is 91.0 Å². The average Bonchev–Trinajstić information content (AvgIpc) is 3.06. The molecule has 1 aliphatic carbocycles. The summed E-state index contributed by atoms with van der Waals surface area (Å²) in [6, 6.07) is 27.7. The third-order valence-electron chi connectivity index (χ3n) is 5.76. The van der Waals surface area contributed by atoms with Crippen LogP contribution in [-0.4, -0.2) is 7.11 Å². The minimum atomic E-state index is -0.903. The molecule has 142 valence electrons. The summed E-state index contributed by atoms with van der Waals surface area (Å²) in [6.07, 6.45) is 0. The summed E-state index contributed by atoms with van der Waals surface area (Å²) in [4.78, 5) is 0. The Labute approximate surface area is 168 Å². The molecular weight excluding hydrogens is 366 g/mol. The predicted octanol–water partition coefficient (Wildman–Crippen LogP) is 6.34. The minimum Gasteiger partial charge on any atom is -0.496 e. The molecule has 4 aromatic rings. The molecule has 0 N–H and O–H groups in total. The van der Waals surface area contributed by atoms with Gasteiger partial charge in [-0.2, -0.15) is 0 Å². The van der Waals surface area contributed by atoms with Crippen molar-refractivity contribution in [2.75, 3.05) is 7.11 Å². The number of methoxy groups -OCH3 is 1. The second-order valence-electron chi connectivity index (χ2n) is 7.18. The molecule has 0 heterocycles. The highest BCUT2D eigenvalue weighted by atomic mass is 19.1. The molecule has 0 amide bonds. The molecule has 0 fully saturated rings. The molecule has 0 spiro atoms. The molecule has 0 saturated heterocycles. The van der Waals surface area contributed by atoms with Crippen molar-refractivity contribution in [3.63, 3.8) is 0 Å². The van der Waals surface area contributed by atoms with Gasteiger partial charge in [0.15, 0.2) is 0 Å². The van der Waals surface area contributed by atoms with E-state index in [2.05, 4.69) is 0 Å². The van der Waals surface area contributed by atoms with Crippen molar-refractivity contribution in [2.24, 2.45) is 0 Å². The molecule has 5 rings (SSSR count). The van der Waals surface area contributed by atoms with Gasteiger partial charge in [-0.15, -0.1) is 0 Å². The minimum absolute atomic E-state index is 0.454. The van der Waals surface area contributed by atoms with Gasteiger partial charge in [0, 0.05) is 17.2 Å². The highest BCUT2D eigenvalue weighted by Gasteiger charge is 2.49. The number of fused-ring (bicyclic) bond motifs is 3. The van der Waals surface area contributed by atoms with Gasteiger partial charge in [-0.25, -0.2) is 8.78 Å². The first kappa shape index (κ1) is 17.6. The lowest BCUT2D eigenvalue weighted by Gasteiger charge is -2.34. The summed E-state index contributed by atoms with van der Waals surface area (Å²) in [5.41, 5.74) is 3.54. The Bertz CT molecular complexity index is 1160. The Hall–Kier alpha value is -3.46. The number of hydrogen-bond acceptors (Lipinski definition) is 1. The van der Waals surface area contributed by atoms with E-state index in [4.69, 9.17) is 4.74 Å². The summed E-state index contributed by atoms with van der Waals surface area (Å²) < 4.78 is 35.5. The maximum absolute atomic E-state index is 15.5. The van der Waals surface area contributed by atoms with Crippen molar-refractivity contribution in [1.82, 2.24) is 0 Å². The molecule has 0 bridgehead atoms. The van der Waals surface area contributed by atoms with Crippen molar-refractivity contribution in [3.05, 3.63) is 125 Å². The Morgan fingerprint density at radius 1 is 0.724 bits per heavy atom. The van der Waals surface area contributed by atoms with Gasteiger partial charge < -0.3 is 4.74 Å². The fourth-order valence-electron chi connectivity index (χ4n) is 4.72. The lowest BCUT2D eigenvalue weighted by Crippen LogP contribution is -2.29. The van der Waals surface area contributed by atoms with Gasteiger partial charge in [-0.05, 0) is 34.4 Å². The number of benzene rings is 4. The van der Waals surface area contributed by atoms with Crippen molar-refractivity contribution in [3.8, 4) is 16.9 Å². The third-order valence-corrected chi connectivity index (χ3v) is 5.76. The van der Waals surface area contributed by atoms with Crippen molar-refractivity contribution in [1.29, 1.82) is 0 Å². The molecule has 0 saturated carbocycles. The summed E-state index contributed by atoms with van der Waals surface area (Å²) in [5, 5.41) is 0. The molecular formula is C26H18F2O. The van der Waals surface area contributed by atoms with Crippen LogP contribution in [0.4, 0.5) is 8.78 Å². The second kappa shape index (κ2) is 6.56. The Balaban J connectivity index is 2.03. The van der Waals surface area contributed by atoms with E-state index in [0.717, 1.165) is 28.3 Å². The van der Waals surface area contributed by atoms with E-state index in [9.17, 15) is 4.39 Å². The molecule has 3 heteroatoms. The molecule has 1 nitrogen and oxygen atoms in total. The predicted molar refractivity (Wildman–Crippen MR) is 110 cm³/mol. The van der Waals surface area contributed by atoms with Crippen molar-refractivity contribution < 1.29 is 13.5 Å². The number of rotatable bonds is 3. The van der Waals surface area contributed by atoms with E-state index < -0.39 is 17.0 Å². The first-order valence-electron chi connectivity index (χ1n) is 9.46. The third kappa shape index (κ3) is 2.37. The molecule has 4 aromatic carbocycles. The van der Waals surface area contributed by atoms with Crippen molar-refractivity contribution >= 4 is 0 Å². The smallest absolute Gasteiger partial charge is 0.131 e. The van der Waals surface area contributed by atoms with Gasteiger partial charge in [-0.1, -0.05) is 72.8 Å². The van der Waals surface area contributed by atoms with E-state index in [0.29, 0.717) is 16.9 Å². The molecule has 29 heavy (non-hydrogen) atoms. The first-order chi connectivity index (χ1) is 14.2. The molecule has 0 atom stereocenters. The van der Waals surface area contributed by atoms with Crippen LogP contribution in [0.2, 0.25) is 0 Å². The maximum atomic E-state index is 15.5. The monoisotopic (exact) mass is 384 g/mol. The van der Waals surface area contributed by atoms with Crippen LogP contribution in [0.1, 0.15) is 22.3 Å². The van der Waals surface area contributed by atoms with E-state index in [1.54, 1.807) is 7.11 Å². The topological polar surface area (TPSA) is 9.23 Å². The molecule has 0 radical (unpaired) electrons. The lowest BCUT2D eigenvalue weighted by molar-refractivity contribution is 0.416. The summed E-state index contributed by atoms with van der Waals surface area (Å²) >= 11 is 0. The van der Waals surface area contributed by atoms with Crippen LogP contribution in [0.5, 0.6) is 5.75 Å².